The summed E-state index contributed by atoms with van der Waals surface area (Å²) < 4.78 is 5.59. The Morgan fingerprint density at radius 2 is 1.90 bits per heavy atom. The first-order chi connectivity index (χ1) is 10.2. The van der Waals surface area contributed by atoms with Gasteiger partial charge >= 0.3 is 0 Å². The van der Waals surface area contributed by atoms with Crippen molar-refractivity contribution in [2.24, 2.45) is 5.73 Å². The van der Waals surface area contributed by atoms with Crippen LogP contribution in [0.2, 0.25) is 0 Å². The van der Waals surface area contributed by atoms with Crippen LogP contribution in [0, 0.1) is 0 Å². The smallest absolute Gasteiger partial charge is 0.240 e. The van der Waals surface area contributed by atoms with Gasteiger partial charge in [0, 0.05) is 13.2 Å². The highest BCUT2D eigenvalue weighted by Crippen LogP contribution is 2.27. The Bertz CT molecular complexity index is 428. The van der Waals surface area contributed by atoms with Crippen LogP contribution < -0.4 is 11.1 Å². The minimum Gasteiger partial charge on any atom is -0.381 e. The third-order valence-corrected chi connectivity index (χ3v) is 4.08. The van der Waals surface area contributed by atoms with E-state index in [1.165, 1.54) is 5.56 Å². The summed E-state index contributed by atoms with van der Waals surface area (Å²) in [5.74, 6) is 0.00397. The van der Waals surface area contributed by atoms with Crippen LogP contribution in [-0.4, -0.2) is 31.2 Å². The van der Waals surface area contributed by atoms with E-state index in [0.717, 1.165) is 45.1 Å². The number of benzene rings is 1. The monoisotopic (exact) mass is 290 g/mol. The zero-order valence-electron chi connectivity index (χ0n) is 12.6. The summed E-state index contributed by atoms with van der Waals surface area (Å²) >= 11 is 0. The van der Waals surface area contributed by atoms with Crippen LogP contribution in [-0.2, 0) is 16.0 Å². The molecule has 2 rings (SSSR count). The standard InChI is InChI=1S/C17H26N2O2/c18-17(10-4-5-11-17)16(20)19-12-6-13-21-14-9-15-7-2-1-3-8-15/h1-3,7-8H,4-6,9-14,18H2,(H,19,20). The van der Waals surface area contributed by atoms with Crippen molar-refractivity contribution in [1.29, 1.82) is 0 Å². The van der Waals surface area contributed by atoms with Crippen LogP contribution in [0.4, 0.5) is 0 Å². The molecular formula is C17H26N2O2. The van der Waals surface area contributed by atoms with Gasteiger partial charge in [0.2, 0.25) is 5.91 Å². The number of carbonyl (C=O) groups excluding carboxylic acids is 1. The largest absolute Gasteiger partial charge is 0.381 e. The van der Waals surface area contributed by atoms with E-state index in [2.05, 4.69) is 17.4 Å². The molecule has 0 atom stereocenters. The quantitative estimate of drug-likeness (QED) is 0.720. The second-order valence-electron chi connectivity index (χ2n) is 5.82. The maximum atomic E-state index is 12.0. The fourth-order valence-electron chi connectivity index (χ4n) is 2.72. The summed E-state index contributed by atoms with van der Waals surface area (Å²) in [6.45, 7) is 2.03. The van der Waals surface area contributed by atoms with Crippen molar-refractivity contribution < 1.29 is 9.53 Å². The highest BCUT2D eigenvalue weighted by atomic mass is 16.5. The molecule has 0 aromatic heterocycles. The molecule has 4 nitrogen and oxygen atoms in total. The number of nitrogens with two attached hydrogens (primary N) is 1. The van der Waals surface area contributed by atoms with Gasteiger partial charge in [0.25, 0.3) is 0 Å². The number of carbonyl (C=O) groups is 1. The van der Waals surface area contributed by atoms with E-state index in [4.69, 9.17) is 10.5 Å². The first-order valence-corrected chi connectivity index (χ1v) is 7.90. The summed E-state index contributed by atoms with van der Waals surface area (Å²) in [5.41, 5.74) is 6.76. The van der Waals surface area contributed by atoms with Crippen molar-refractivity contribution in [2.45, 2.75) is 44.1 Å². The Morgan fingerprint density at radius 1 is 1.19 bits per heavy atom. The van der Waals surface area contributed by atoms with Gasteiger partial charge in [-0.1, -0.05) is 43.2 Å². The first-order valence-electron chi connectivity index (χ1n) is 7.90. The molecule has 0 heterocycles. The van der Waals surface area contributed by atoms with E-state index in [0.29, 0.717) is 13.2 Å². The third kappa shape index (κ3) is 5.14. The molecule has 1 aliphatic carbocycles. The molecule has 0 aliphatic heterocycles. The molecule has 1 aromatic rings. The van der Waals surface area contributed by atoms with E-state index >= 15 is 0 Å². The molecule has 21 heavy (non-hydrogen) atoms. The average molecular weight is 290 g/mol. The van der Waals surface area contributed by atoms with E-state index in [1.807, 2.05) is 18.2 Å². The minimum absolute atomic E-state index is 0.00397. The van der Waals surface area contributed by atoms with Gasteiger partial charge in [0.05, 0.1) is 12.1 Å². The van der Waals surface area contributed by atoms with Crippen LogP contribution in [0.5, 0.6) is 0 Å². The second-order valence-corrected chi connectivity index (χ2v) is 5.82. The molecule has 1 aliphatic rings. The molecule has 0 saturated heterocycles. The van der Waals surface area contributed by atoms with E-state index < -0.39 is 5.54 Å². The average Bonchev–Trinajstić information content (AvgIpc) is 2.95. The molecule has 0 spiro atoms. The SMILES string of the molecule is NC1(C(=O)NCCCOCCc2ccccc2)CCCC1. The Hall–Kier alpha value is -1.39. The van der Waals surface area contributed by atoms with E-state index in [9.17, 15) is 4.79 Å². The lowest BCUT2D eigenvalue weighted by Gasteiger charge is -2.22. The van der Waals surface area contributed by atoms with Crippen LogP contribution in [0.15, 0.2) is 30.3 Å². The molecule has 0 radical (unpaired) electrons. The van der Waals surface area contributed by atoms with Crippen molar-refractivity contribution in [3.8, 4) is 0 Å². The van der Waals surface area contributed by atoms with Crippen LogP contribution in [0.25, 0.3) is 0 Å². The lowest BCUT2D eigenvalue weighted by Crippen LogP contribution is -2.52. The fraction of sp³-hybridized carbons (Fsp3) is 0.588. The zero-order chi connectivity index (χ0) is 15.0. The molecule has 1 aromatic carbocycles. The van der Waals surface area contributed by atoms with Crippen LogP contribution in [0.1, 0.15) is 37.7 Å². The number of hydrogen-bond acceptors (Lipinski definition) is 3. The Morgan fingerprint density at radius 3 is 2.62 bits per heavy atom. The topological polar surface area (TPSA) is 64.4 Å². The molecular weight excluding hydrogens is 264 g/mol. The molecule has 1 amide bonds. The van der Waals surface area contributed by atoms with Gasteiger partial charge in [-0.05, 0) is 31.2 Å². The van der Waals surface area contributed by atoms with Gasteiger partial charge in [0.1, 0.15) is 0 Å². The van der Waals surface area contributed by atoms with Gasteiger partial charge in [-0.25, -0.2) is 0 Å². The highest BCUT2D eigenvalue weighted by Gasteiger charge is 2.36. The van der Waals surface area contributed by atoms with E-state index in [-0.39, 0.29) is 5.91 Å². The Balaban J connectivity index is 1.49. The zero-order valence-corrected chi connectivity index (χ0v) is 12.6. The predicted molar refractivity (Wildman–Crippen MR) is 84.0 cm³/mol. The van der Waals surface area contributed by atoms with Crippen molar-refractivity contribution >= 4 is 5.91 Å². The fourth-order valence-corrected chi connectivity index (χ4v) is 2.72. The highest BCUT2D eigenvalue weighted by molar-refractivity contribution is 5.86. The lowest BCUT2D eigenvalue weighted by atomic mass is 9.98. The molecule has 116 valence electrons. The van der Waals surface area contributed by atoms with Gasteiger partial charge in [-0.3, -0.25) is 4.79 Å². The summed E-state index contributed by atoms with van der Waals surface area (Å²) in [6, 6.07) is 10.3. The molecule has 0 unspecified atom stereocenters. The maximum Gasteiger partial charge on any atom is 0.240 e. The second kappa shape index (κ2) is 8.15. The number of amides is 1. The molecule has 0 bridgehead atoms. The van der Waals surface area contributed by atoms with Crippen molar-refractivity contribution in [3.63, 3.8) is 0 Å². The normalized spacial score (nSPS) is 16.8. The van der Waals surface area contributed by atoms with Crippen molar-refractivity contribution in [1.82, 2.24) is 5.32 Å². The van der Waals surface area contributed by atoms with E-state index in [1.54, 1.807) is 0 Å². The van der Waals surface area contributed by atoms with Gasteiger partial charge in [0.15, 0.2) is 0 Å². The summed E-state index contributed by atoms with van der Waals surface area (Å²) in [5, 5.41) is 2.93. The summed E-state index contributed by atoms with van der Waals surface area (Å²) in [6.07, 6.45) is 5.51. The number of rotatable bonds is 8. The molecule has 3 N–H and O–H groups in total. The molecule has 4 heteroatoms. The minimum atomic E-state index is -0.617. The number of nitrogens with one attached hydrogen (secondary N) is 1. The molecule has 1 saturated carbocycles. The van der Waals surface area contributed by atoms with Gasteiger partial charge < -0.3 is 15.8 Å². The Labute approximate surface area is 127 Å². The van der Waals surface area contributed by atoms with Crippen LogP contribution in [0.3, 0.4) is 0 Å². The first kappa shape index (κ1) is 16.0. The number of hydrogen-bond donors (Lipinski definition) is 2. The third-order valence-electron chi connectivity index (χ3n) is 4.08. The Kier molecular flexibility index (Phi) is 6.21. The number of ether oxygens (including phenoxy) is 1. The van der Waals surface area contributed by atoms with Gasteiger partial charge in [-0.2, -0.15) is 0 Å². The summed E-state index contributed by atoms with van der Waals surface area (Å²) in [7, 11) is 0. The van der Waals surface area contributed by atoms with Crippen molar-refractivity contribution in [2.75, 3.05) is 19.8 Å². The predicted octanol–water partition coefficient (Wildman–Crippen LogP) is 2.02. The summed E-state index contributed by atoms with van der Waals surface area (Å²) in [4.78, 5) is 12.0. The van der Waals surface area contributed by atoms with Gasteiger partial charge in [-0.15, -0.1) is 0 Å². The van der Waals surface area contributed by atoms with Crippen molar-refractivity contribution in [3.05, 3.63) is 35.9 Å². The van der Waals surface area contributed by atoms with Crippen LogP contribution >= 0.6 is 0 Å². The lowest BCUT2D eigenvalue weighted by molar-refractivity contribution is -0.126. The maximum absolute atomic E-state index is 12.0. The molecule has 1 fully saturated rings.